The number of nitrogens with zero attached hydrogens (tertiary/aromatic N) is 3. The highest BCUT2D eigenvalue weighted by Crippen LogP contribution is 2.32. The largest absolute Gasteiger partial charge is 0.534 e. The summed E-state index contributed by atoms with van der Waals surface area (Å²) in [5.74, 6) is -0.914. The molecule has 0 aromatic carbocycles. The number of fused-ring (bicyclic) bond motifs is 1. The van der Waals surface area contributed by atoms with Gasteiger partial charge in [-0.15, -0.1) is 5.10 Å². The molecule has 8 nitrogen and oxygen atoms in total. The fourth-order valence-corrected chi connectivity index (χ4v) is 2.89. The van der Waals surface area contributed by atoms with Gasteiger partial charge in [-0.3, -0.25) is 9.59 Å². The van der Waals surface area contributed by atoms with Crippen LogP contribution in [0.5, 0.6) is 5.88 Å². The molecule has 1 aliphatic carbocycles. The Bertz CT molecular complexity index is 1070. The Kier molecular flexibility index (Phi) is 3.89. The Morgan fingerprint density at radius 1 is 1.24 bits per heavy atom. The Morgan fingerprint density at radius 2 is 1.88 bits per heavy atom. The van der Waals surface area contributed by atoms with Crippen LogP contribution >= 0.6 is 0 Å². The lowest BCUT2D eigenvalue weighted by molar-refractivity contribution is -0.0501. The van der Waals surface area contributed by atoms with Gasteiger partial charge in [-0.25, -0.2) is 4.68 Å². The van der Waals surface area contributed by atoms with Gasteiger partial charge in [0.1, 0.15) is 0 Å². The van der Waals surface area contributed by atoms with Crippen molar-refractivity contribution in [3.63, 3.8) is 0 Å². The van der Waals surface area contributed by atoms with Gasteiger partial charge in [0, 0.05) is 25.4 Å². The normalized spacial score (nSPS) is 16.0. The first kappa shape index (κ1) is 17.5. The molecule has 0 atom stereocenters. The zero-order valence-corrected chi connectivity index (χ0v) is 13.6. The molecule has 0 spiro atoms. The van der Waals surface area contributed by atoms with Gasteiger partial charge in [-0.2, -0.15) is 21.6 Å². The fraction of sp³-hybridized carbons (Fsp3) is 0.462. The molecule has 136 valence electrons. The van der Waals surface area contributed by atoms with E-state index in [0.717, 1.165) is 25.7 Å². The average molecular weight is 379 g/mol. The standard InChI is InChI=1S/C13H12F3N3O5S/c1-18-12(21)8-5-10(20)19(7-3-2-4-7)6-9(8)11(17-18)24-25(22,23)13(14,15)16/h5-7H,2-4H2,1H3. The Hall–Kier alpha value is -2.37. The van der Waals surface area contributed by atoms with Crippen molar-refractivity contribution in [1.29, 1.82) is 0 Å². The zero-order chi connectivity index (χ0) is 18.6. The number of aromatic nitrogens is 3. The molecule has 2 heterocycles. The van der Waals surface area contributed by atoms with E-state index < -0.39 is 32.6 Å². The van der Waals surface area contributed by atoms with Gasteiger partial charge in [0.25, 0.3) is 17.0 Å². The summed E-state index contributed by atoms with van der Waals surface area (Å²) in [6.45, 7) is 0. The first-order chi connectivity index (χ1) is 11.5. The lowest BCUT2D eigenvalue weighted by atomic mass is 9.92. The number of aryl methyl sites for hydroxylation is 1. The summed E-state index contributed by atoms with van der Waals surface area (Å²) in [6.07, 6.45) is 3.40. The summed E-state index contributed by atoms with van der Waals surface area (Å²) in [5.41, 5.74) is -6.92. The number of pyridine rings is 1. The second-order valence-electron chi connectivity index (χ2n) is 5.65. The van der Waals surface area contributed by atoms with Crippen LogP contribution in [0.25, 0.3) is 10.8 Å². The molecule has 12 heteroatoms. The van der Waals surface area contributed by atoms with Crippen molar-refractivity contribution < 1.29 is 25.8 Å². The number of rotatable bonds is 3. The maximum Gasteiger partial charge on any atom is 0.534 e. The third-order valence-electron chi connectivity index (χ3n) is 4.02. The Balaban J connectivity index is 2.26. The first-order valence-electron chi connectivity index (χ1n) is 7.15. The molecule has 1 fully saturated rings. The van der Waals surface area contributed by atoms with Crippen LogP contribution in [-0.4, -0.2) is 28.3 Å². The van der Waals surface area contributed by atoms with Gasteiger partial charge in [0.05, 0.1) is 10.8 Å². The van der Waals surface area contributed by atoms with E-state index in [1.807, 2.05) is 0 Å². The molecule has 0 unspecified atom stereocenters. The van der Waals surface area contributed by atoms with E-state index in [4.69, 9.17) is 0 Å². The van der Waals surface area contributed by atoms with Crippen LogP contribution in [-0.2, 0) is 17.2 Å². The van der Waals surface area contributed by atoms with Crippen molar-refractivity contribution in [2.75, 3.05) is 0 Å². The third kappa shape index (κ3) is 2.90. The molecule has 2 aromatic rings. The van der Waals surface area contributed by atoms with Crippen molar-refractivity contribution in [3.05, 3.63) is 33.0 Å². The minimum Gasteiger partial charge on any atom is -0.353 e. The molecule has 0 aliphatic heterocycles. The maximum absolute atomic E-state index is 12.6. The molecule has 0 saturated heterocycles. The Labute approximate surface area is 138 Å². The van der Waals surface area contributed by atoms with Crippen LogP contribution in [0.2, 0.25) is 0 Å². The van der Waals surface area contributed by atoms with E-state index in [1.54, 1.807) is 0 Å². The number of halogens is 3. The zero-order valence-electron chi connectivity index (χ0n) is 12.8. The highest BCUT2D eigenvalue weighted by Gasteiger charge is 2.49. The van der Waals surface area contributed by atoms with Crippen LogP contribution in [0, 0.1) is 0 Å². The smallest absolute Gasteiger partial charge is 0.353 e. The van der Waals surface area contributed by atoms with Crippen LogP contribution in [0.4, 0.5) is 13.2 Å². The van der Waals surface area contributed by atoms with E-state index in [-0.39, 0.29) is 16.8 Å². The van der Waals surface area contributed by atoms with E-state index >= 15 is 0 Å². The van der Waals surface area contributed by atoms with Gasteiger partial charge in [-0.05, 0) is 19.3 Å². The lowest BCUT2D eigenvalue weighted by Gasteiger charge is -2.27. The summed E-state index contributed by atoms with van der Waals surface area (Å²) in [6, 6.07) is 0.790. The summed E-state index contributed by atoms with van der Waals surface area (Å²) >= 11 is 0. The van der Waals surface area contributed by atoms with Crippen LogP contribution in [0.3, 0.4) is 0 Å². The lowest BCUT2D eigenvalue weighted by Crippen LogP contribution is -2.32. The molecular formula is C13H12F3N3O5S. The maximum atomic E-state index is 12.6. The summed E-state index contributed by atoms with van der Waals surface area (Å²) < 4.78 is 66.2. The third-order valence-corrected chi connectivity index (χ3v) is 4.96. The van der Waals surface area contributed by atoms with Gasteiger partial charge in [0.15, 0.2) is 0 Å². The van der Waals surface area contributed by atoms with Gasteiger partial charge in [-0.1, -0.05) is 0 Å². The van der Waals surface area contributed by atoms with Gasteiger partial charge in [0.2, 0.25) is 0 Å². The molecule has 0 bridgehead atoms. The van der Waals surface area contributed by atoms with Gasteiger partial charge >= 0.3 is 15.6 Å². The number of alkyl halides is 3. The van der Waals surface area contributed by atoms with Crippen molar-refractivity contribution in [3.8, 4) is 5.88 Å². The van der Waals surface area contributed by atoms with E-state index in [0.29, 0.717) is 17.5 Å². The molecule has 1 saturated carbocycles. The number of hydrogen-bond donors (Lipinski definition) is 0. The molecular weight excluding hydrogens is 367 g/mol. The highest BCUT2D eigenvalue weighted by atomic mass is 32.2. The molecule has 0 N–H and O–H groups in total. The average Bonchev–Trinajstić information content (AvgIpc) is 2.42. The van der Waals surface area contributed by atoms with Crippen molar-refractivity contribution in [2.24, 2.45) is 7.05 Å². The second-order valence-corrected chi connectivity index (χ2v) is 7.19. The second kappa shape index (κ2) is 5.58. The molecule has 0 amide bonds. The minimum atomic E-state index is -5.97. The van der Waals surface area contributed by atoms with Crippen LogP contribution in [0.15, 0.2) is 21.9 Å². The summed E-state index contributed by atoms with van der Waals surface area (Å²) in [5, 5.41) is 2.91. The van der Waals surface area contributed by atoms with Crippen LogP contribution in [0.1, 0.15) is 25.3 Å². The molecule has 0 radical (unpaired) electrons. The van der Waals surface area contributed by atoms with Crippen LogP contribution < -0.4 is 15.3 Å². The fourth-order valence-electron chi connectivity index (χ4n) is 2.47. The minimum absolute atomic E-state index is 0.159. The van der Waals surface area contributed by atoms with E-state index in [2.05, 4.69) is 9.28 Å². The van der Waals surface area contributed by atoms with Gasteiger partial charge < -0.3 is 8.75 Å². The number of hydrogen-bond acceptors (Lipinski definition) is 6. The molecule has 25 heavy (non-hydrogen) atoms. The highest BCUT2D eigenvalue weighted by molar-refractivity contribution is 7.88. The topological polar surface area (TPSA) is 100 Å². The summed E-state index contributed by atoms with van der Waals surface area (Å²) in [4.78, 5) is 24.2. The SMILES string of the molecule is Cn1nc(OS(=O)(=O)C(F)(F)F)c2cn(C3CCC3)c(=O)cc2c1=O. The molecule has 3 rings (SSSR count). The van der Waals surface area contributed by atoms with E-state index in [1.165, 1.54) is 4.57 Å². The predicted molar refractivity (Wildman–Crippen MR) is 79.7 cm³/mol. The predicted octanol–water partition coefficient (Wildman–Crippen LogP) is 1.05. The quantitative estimate of drug-likeness (QED) is 0.584. The Morgan fingerprint density at radius 3 is 2.40 bits per heavy atom. The van der Waals surface area contributed by atoms with Crippen molar-refractivity contribution >= 4 is 20.9 Å². The molecule has 1 aliphatic rings. The molecule has 2 aromatic heterocycles. The van der Waals surface area contributed by atoms with E-state index in [9.17, 15) is 31.2 Å². The summed E-state index contributed by atoms with van der Waals surface area (Å²) in [7, 11) is -4.87. The van der Waals surface area contributed by atoms with Crippen molar-refractivity contribution in [2.45, 2.75) is 30.8 Å². The van der Waals surface area contributed by atoms with Crippen molar-refractivity contribution in [1.82, 2.24) is 14.3 Å². The first-order valence-corrected chi connectivity index (χ1v) is 8.56. The monoisotopic (exact) mass is 379 g/mol.